The third-order valence-electron chi connectivity index (χ3n) is 1.62. The normalized spacial score (nSPS) is 10.1. The zero-order valence-corrected chi connectivity index (χ0v) is 6.86. The molecule has 0 aromatic carbocycles. The molecule has 3 N–H and O–H groups in total. The zero-order valence-electron chi connectivity index (χ0n) is 6.86. The van der Waals surface area contributed by atoms with E-state index in [0.29, 0.717) is 6.54 Å². The number of hydrazine groups is 1. The van der Waals surface area contributed by atoms with Crippen molar-refractivity contribution in [3.05, 3.63) is 34.7 Å². The summed E-state index contributed by atoms with van der Waals surface area (Å²) in [6.45, 7) is 1.44. The van der Waals surface area contributed by atoms with Crippen LogP contribution in [0.1, 0.15) is 6.42 Å². The molecule has 1 rings (SSSR count). The van der Waals surface area contributed by atoms with E-state index in [0.717, 1.165) is 13.0 Å². The van der Waals surface area contributed by atoms with Crippen LogP contribution in [0.25, 0.3) is 0 Å². The number of hydrogen-bond donors (Lipinski definition) is 2. The molecule has 0 aliphatic rings. The van der Waals surface area contributed by atoms with E-state index in [-0.39, 0.29) is 5.56 Å². The molecule has 1 aromatic heterocycles. The third kappa shape index (κ3) is 2.48. The summed E-state index contributed by atoms with van der Waals surface area (Å²) >= 11 is 0. The summed E-state index contributed by atoms with van der Waals surface area (Å²) in [4.78, 5) is 11.1. The van der Waals surface area contributed by atoms with E-state index < -0.39 is 0 Å². The van der Waals surface area contributed by atoms with Crippen molar-refractivity contribution >= 4 is 0 Å². The molecule has 66 valence electrons. The van der Waals surface area contributed by atoms with Crippen molar-refractivity contribution in [2.45, 2.75) is 13.0 Å². The zero-order chi connectivity index (χ0) is 8.81. The number of pyridine rings is 1. The first-order valence-electron chi connectivity index (χ1n) is 3.93. The molecule has 4 heteroatoms. The van der Waals surface area contributed by atoms with Gasteiger partial charge in [-0.15, -0.1) is 0 Å². The maximum atomic E-state index is 11.1. The number of nitrogens with one attached hydrogen (secondary N) is 1. The number of aryl methyl sites for hydroxylation is 1. The third-order valence-corrected chi connectivity index (χ3v) is 1.62. The van der Waals surface area contributed by atoms with Crippen molar-refractivity contribution in [3.63, 3.8) is 0 Å². The van der Waals surface area contributed by atoms with E-state index in [4.69, 9.17) is 5.84 Å². The molecule has 4 nitrogen and oxygen atoms in total. The minimum atomic E-state index is 0.0366. The van der Waals surface area contributed by atoms with Gasteiger partial charge in [0.15, 0.2) is 0 Å². The number of rotatable bonds is 4. The van der Waals surface area contributed by atoms with E-state index in [1.54, 1.807) is 22.9 Å². The Morgan fingerprint density at radius 3 is 3.00 bits per heavy atom. The summed E-state index contributed by atoms with van der Waals surface area (Å²) in [6.07, 6.45) is 2.64. The lowest BCUT2D eigenvalue weighted by Crippen LogP contribution is -2.26. The van der Waals surface area contributed by atoms with Crippen LogP contribution in [0.2, 0.25) is 0 Å². The number of nitrogens with zero attached hydrogens (tertiary/aromatic N) is 1. The van der Waals surface area contributed by atoms with Gasteiger partial charge < -0.3 is 4.57 Å². The summed E-state index contributed by atoms with van der Waals surface area (Å²) in [5.41, 5.74) is 2.58. The van der Waals surface area contributed by atoms with Crippen molar-refractivity contribution in [1.82, 2.24) is 9.99 Å². The Balaban J connectivity index is 2.52. The Morgan fingerprint density at radius 2 is 2.33 bits per heavy atom. The summed E-state index contributed by atoms with van der Waals surface area (Å²) in [5, 5.41) is 0. The van der Waals surface area contributed by atoms with E-state index in [1.807, 2.05) is 6.07 Å². The average molecular weight is 167 g/mol. The predicted molar refractivity (Wildman–Crippen MR) is 47.5 cm³/mol. The van der Waals surface area contributed by atoms with Crippen molar-refractivity contribution in [3.8, 4) is 0 Å². The van der Waals surface area contributed by atoms with E-state index in [2.05, 4.69) is 5.43 Å². The Morgan fingerprint density at radius 1 is 1.50 bits per heavy atom. The SMILES string of the molecule is NNCCCn1ccccc1=O. The van der Waals surface area contributed by atoms with Gasteiger partial charge in [0.25, 0.3) is 0 Å². The maximum absolute atomic E-state index is 11.1. The predicted octanol–water partition coefficient (Wildman–Crippen LogP) is -0.298. The van der Waals surface area contributed by atoms with Gasteiger partial charge in [0.05, 0.1) is 0 Å². The van der Waals surface area contributed by atoms with Crippen LogP contribution < -0.4 is 16.8 Å². The standard InChI is InChI=1S/C8H13N3O/c9-10-5-3-7-11-6-2-1-4-8(11)12/h1-2,4,6,10H,3,5,7,9H2. The van der Waals surface area contributed by atoms with Gasteiger partial charge in [-0.2, -0.15) is 0 Å². The number of hydrogen-bond acceptors (Lipinski definition) is 3. The van der Waals surface area contributed by atoms with Crippen LogP contribution in [-0.2, 0) is 6.54 Å². The summed E-state index contributed by atoms with van der Waals surface area (Å²) in [5.74, 6) is 5.09. The Bertz CT molecular complexity index is 282. The molecule has 1 aromatic rings. The number of nitrogens with two attached hydrogens (primary N) is 1. The first kappa shape index (κ1) is 8.96. The maximum Gasteiger partial charge on any atom is 0.250 e. The van der Waals surface area contributed by atoms with Crippen LogP contribution >= 0.6 is 0 Å². The molecular weight excluding hydrogens is 154 g/mol. The minimum absolute atomic E-state index is 0.0366. The molecule has 0 saturated carbocycles. The van der Waals surface area contributed by atoms with Crippen LogP contribution in [0.3, 0.4) is 0 Å². The smallest absolute Gasteiger partial charge is 0.250 e. The largest absolute Gasteiger partial charge is 0.315 e. The molecule has 0 spiro atoms. The Labute approximate surface area is 71.0 Å². The topological polar surface area (TPSA) is 60.0 Å². The van der Waals surface area contributed by atoms with Gasteiger partial charge in [0.1, 0.15) is 0 Å². The molecular formula is C8H13N3O. The highest BCUT2D eigenvalue weighted by atomic mass is 16.1. The fourth-order valence-corrected chi connectivity index (χ4v) is 0.997. The van der Waals surface area contributed by atoms with Gasteiger partial charge in [-0.25, -0.2) is 0 Å². The lowest BCUT2D eigenvalue weighted by molar-refractivity contribution is 0.582. The van der Waals surface area contributed by atoms with Crippen LogP contribution in [-0.4, -0.2) is 11.1 Å². The van der Waals surface area contributed by atoms with E-state index >= 15 is 0 Å². The molecule has 0 fully saturated rings. The molecule has 0 aliphatic carbocycles. The Kier molecular flexibility index (Phi) is 3.50. The lowest BCUT2D eigenvalue weighted by atomic mass is 10.4. The summed E-state index contributed by atoms with van der Waals surface area (Å²) < 4.78 is 1.66. The summed E-state index contributed by atoms with van der Waals surface area (Å²) in [6, 6.07) is 5.13. The first-order valence-corrected chi connectivity index (χ1v) is 3.93. The fourth-order valence-electron chi connectivity index (χ4n) is 0.997. The van der Waals surface area contributed by atoms with Crippen LogP contribution in [0, 0.1) is 0 Å². The van der Waals surface area contributed by atoms with E-state index in [1.165, 1.54) is 0 Å². The quantitative estimate of drug-likeness (QED) is 0.368. The van der Waals surface area contributed by atoms with Gasteiger partial charge >= 0.3 is 0 Å². The van der Waals surface area contributed by atoms with Crippen molar-refractivity contribution in [2.75, 3.05) is 6.54 Å². The van der Waals surface area contributed by atoms with Gasteiger partial charge in [0, 0.05) is 25.4 Å². The molecule has 0 atom stereocenters. The summed E-state index contributed by atoms with van der Waals surface area (Å²) in [7, 11) is 0. The molecule has 0 saturated heterocycles. The number of aromatic nitrogens is 1. The van der Waals surface area contributed by atoms with Crippen molar-refractivity contribution in [2.24, 2.45) is 5.84 Å². The highest BCUT2D eigenvalue weighted by molar-refractivity contribution is 4.92. The highest BCUT2D eigenvalue weighted by Gasteiger charge is 1.91. The molecule has 0 bridgehead atoms. The second-order valence-electron chi connectivity index (χ2n) is 2.54. The molecule has 0 aliphatic heterocycles. The average Bonchev–Trinajstić information content (AvgIpc) is 2.09. The van der Waals surface area contributed by atoms with Gasteiger partial charge in [-0.1, -0.05) is 6.07 Å². The van der Waals surface area contributed by atoms with Crippen molar-refractivity contribution in [1.29, 1.82) is 0 Å². The molecule has 0 radical (unpaired) electrons. The van der Waals surface area contributed by atoms with Crippen LogP contribution in [0.4, 0.5) is 0 Å². The van der Waals surface area contributed by atoms with Gasteiger partial charge in [-0.3, -0.25) is 16.1 Å². The molecule has 0 unspecified atom stereocenters. The molecule has 12 heavy (non-hydrogen) atoms. The van der Waals surface area contributed by atoms with Crippen LogP contribution in [0.5, 0.6) is 0 Å². The van der Waals surface area contributed by atoms with Crippen molar-refractivity contribution < 1.29 is 0 Å². The fraction of sp³-hybridized carbons (Fsp3) is 0.375. The monoisotopic (exact) mass is 167 g/mol. The molecule has 1 heterocycles. The second-order valence-corrected chi connectivity index (χ2v) is 2.54. The lowest BCUT2D eigenvalue weighted by Gasteiger charge is -2.03. The Hall–Kier alpha value is -1.13. The van der Waals surface area contributed by atoms with Gasteiger partial charge in [0.2, 0.25) is 5.56 Å². The minimum Gasteiger partial charge on any atom is -0.315 e. The van der Waals surface area contributed by atoms with Crippen LogP contribution in [0.15, 0.2) is 29.2 Å². The molecule has 0 amide bonds. The van der Waals surface area contributed by atoms with E-state index in [9.17, 15) is 4.79 Å². The van der Waals surface area contributed by atoms with Gasteiger partial charge in [-0.05, 0) is 12.5 Å². The highest BCUT2D eigenvalue weighted by Crippen LogP contribution is 1.85. The first-order chi connectivity index (χ1) is 5.84. The second kappa shape index (κ2) is 4.69.